The van der Waals surface area contributed by atoms with Gasteiger partial charge in [0.15, 0.2) is 0 Å². The monoisotopic (exact) mass is 324 g/mol. The molecule has 1 aliphatic heterocycles. The van der Waals surface area contributed by atoms with Gasteiger partial charge in [-0.3, -0.25) is 4.79 Å². The highest BCUT2D eigenvalue weighted by Crippen LogP contribution is 2.25. The molecule has 0 bridgehead atoms. The summed E-state index contributed by atoms with van der Waals surface area (Å²) in [5.41, 5.74) is 3.01. The lowest BCUT2D eigenvalue weighted by Gasteiger charge is -2.26. The summed E-state index contributed by atoms with van der Waals surface area (Å²) in [6.45, 7) is 1.30. The number of carbonyl (C=O) groups is 1. The topological polar surface area (TPSA) is 51.7 Å². The number of ether oxygens (including phenoxy) is 2. The van der Waals surface area contributed by atoms with Gasteiger partial charge in [0.05, 0.1) is 19.8 Å². The van der Waals surface area contributed by atoms with Gasteiger partial charge in [0.25, 0.3) is 5.91 Å². The minimum Gasteiger partial charge on any atom is -0.497 e. The molecule has 0 fully saturated rings. The zero-order valence-electron chi connectivity index (χ0n) is 13.9. The van der Waals surface area contributed by atoms with E-state index in [1.165, 1.54) is 11.1 Å². The smallest absolute Gasteiger partial charge is 0.255 e. The molecule has 0 saturated carbocycles. The van der Waals surface area contributed by atoms with E-state index in [2.05, 4.69) is 23.2 Å². The van der Waals surface area contributed by atoms with Crippen LogP contribution in [0.2, 0.25) is 0 Å². The van der Waals surface area contributed by atoms with Gasteiger partial charge in [-0.1, -0.05) is 18.2 Å². The van der Waals surface area contributed by atoms with E-state index >= 15 is 0 Å². The summed E-state index contributed by atoms with van der Waals surface area (Å²) < 4.78 is 10.2. The third-order valence-electron chi connectivity index (χ3n) is 4.15. The Kier molecular flexibility index (Phi) is 4.79. The number of benzene rings is 1. The second kappa shape index (κ2) is 7.17. The van der Waals surface area contributed by atoms with E-state index in [0.29, 0.717) is 24.5 Å². The summed E-state index contributed by atoms with van der Waals surface area (Å²) in [5, 5.41) is 0. The Morgan fingerprint density at radius 2 is 1.88 bits per heavy atom. The molecule has 0 radical (unpaired) electrons. The lowest BCUT2D eigenvalue weighted by atomic mass is 9.99. The number of hydrogen-bond donors (Lipinski definition) is 0. The van der Waals surface area contributed by atoms with Gasteiger partial charge in [-0.05, 0) is 35.8 Å². The lowest BCUT2D eigenvalue weighted by molar-refractivity contribution is 0.0772. The van der Waals surface area contributed by atoms with Crippen LogP contribution in [0.3, 0.4) is 0 Å². The van der Waals surface area contributed by atoms with Crippen molar-refractivity contribution in [3.8, 4) is 11.6 Å². The Bertz CT molecular complexity index is 736. The van der Waals surface area contributed by atoms with Gasteiger partial charge in [-0.2, -0.15) is 0 Å². The van der Waals surface area contributed by atoms with Crippen LogP contribution < -0.4 is 9.47 Å². The van der Waals surface area contributed by atoms with Gasteiger partial charge in [-0.15, -0.1) is 0 Å². The van der Waals surface area contributed by atoms with E-state index < -0.39 is 0 Å². The van der Waals surface area contributed by atoms with Gasteiger partial charge in [-0.25, -0.2) is 4.98 Å². The van der Waals surface area contributed by atoms with E-state index in [1.54, 1.807) is 32.5 Å². The highest BCUT2D eigenvalue weighted by Gasteiger charge is 2.19. The van der Waals surface area contributed by atoms with Crippen molar-refractivity contribution in [2.75, 3.05) is 27.3 Å². The molecule has 0 saturated heterocycles. The fourth-order valence-electron chi connectivity index (χ4n) is 2.73. The number of carbonyl (C=O) groups excluding carboxylic acids is 1. The van der Waals surface area contributed by atoms with Crippen LogP contribution in [0, 0.1) is 0 Å². The number of pyridine rings is 1. The van der Waals surface area contributed by atoms with Crippen LogP contribution in [-0.4, -0.2) is 43.1 Å². The third-order valence-corrected chi connectivity index (χ3v) is 4.15. The van der Waals surface area contributed by atoms with Gasteiger partial charge in [0.2, 0.25) is 5.88 Å². The highest BCUT2D eigenvalue weighted by molar-refractivity contribution is 5.94. The molecule has 24 heavy (non-hydrogen) atoms. The fraction of sp³-hybridized carbons (Fsp3) is 0.263. The molecule has 0 aliphatic carbocycles. The molecule has 124 valence electrons. The van der Waals surface area contributed by atoms with Gasteiger partial charge in [0.1, 0.15) is 5.75 Å². The molecule has 0 spiro atoms. The first kappa shape index (κ1) is 16.1. The zero-order valence-corrected chi connectivity index (χ0v) is 13.9. The van der Waals surface area contributed by atoms with E-state index in [9.17, 15) is 4.79 Å². The van der Waals surface area contributed by atoms with Gasteiger partial charge < -0.3 is 14.4 Å². The summed E-state index contributed by atoms with van der Waals surface area (Å²) in [5.74, 6) is 1.35. The van der Waals surface area contributed by atoms with Crippen molar-refractivity contribution in [2.24, 2.45) is 0 Å². The highest BCUT2D eigenvalue weighted by atomic mass is 16.5. The van der Waals surface area contributed by atoms with E-state index in [-0.39, 0.29) is 5.91 Å². The van der Waals surface area contributed by atoms with Crippen LogP contribution in [0.25, 0.3) is 5.57 Å². The number of rotatable bonds is 4. The van der Waals surface area contributed by atoms with Crippen molar-refractivity contribution in [2.45, 2.75) is 6.42 Å². The molecule has 1 amide bonds. The first-order valence-corrected chi connectivity index (χ1v) is 7.84. The maximum Gasteiger partial charge on any atom is 0.255 e. The molecule has 1 aromatic heterocycles. The summed E-state index contributed by atoms with van der Waals surface area (Å²) in [6.07, 6.45) is 4.51. The normalized spacial score (nSPS) is 14.1. The third kappa shape index (κ3) is 3.40. The number of hydrogen-bond acceptors (Lipinski definition) is 4. The van der Waals surface area contributed by atoms with E-state index in [0.717, 1.165) is 12.2 Å². The van der Waals surface area contributed by atoms with Crippen molar-refractivity contribution < 1.29 is 14.3 Å². The maximum atomic E-state index is 12.5. The van der Waals surface area contributed by atoms with Gasteiger partial charge in [0, 0.05) is 25.4 Å². The van der Waals surface area contributed by atoms with Crippen LogP contribution in [0.1, 0.15) is 22.3 Å². The Labute approximate surface area is 141 Å². The molecule has 3 rings (SSSR count). The second-order valence-corrected chi connectivity index (χ2v) is 5.55. The van der Waals surface area contributed by atoms with Crippen LogP contribution in [0.15, 0.2) is 48.7 Å². The Morgan fingerprint density at radius 3 is 2.42 bits per heavy atom. The second-order valence-electron chi connectivity index (χ2n) is 5.55. The quantitative estimate of drug-likeness (QED) is 0.867. The minimum absolute atomic E-state index is 0.00446. The van der Waals surface area contributed by atoms with E-state index in [1.807, 2.05) is 17.0 Å². The standard InChI is InChI=1S/C19H20N2O3/c1-23-17-6-3-14(4-7-17)15-9-11-21(12-10-15)19(22)16-5-8-18(24-2)20-13-16/h3-9,13H,10-12H2,1-2H3. The van der Waals surface area contributed by atoms with Crippen LogP contribution >= 0.6 is 0 Å². The SMILES string of the molecule is COc1ccc(C2=CCN(C(=O)c3ccc(OC)nc3)CC2)cc1. The summed E-state index contributed by atoms with van der Waals surface area (Å²) in [7, 11) is 3.21. The van der Waals surface area contributed by atoms with E-state index in [4.69, 9.17) is 9.47 Å². The van der Waals surface area contributed by atoms with Crippen molar-refractivity contribution in [3.63, 3.8) is 0 Å². The summed E-state index contributed by atoms with van der Waals surface area (Å²) in [4.78, 5) is 18.5. The molecule has 2 heterocycles. The minimum atomic E-state index is -0.00446. The number of nitrogens with zero attached hydrogens (tertiary/aromatic N) is 2. The lowest BCUT2D eigenvalue weighted by Crippen LogP contribution is -2.34. The first-order valence-electron chi connectivity index (χ1n) is 7.84. The van der Waals surface area contributed by atoms with Crippen molar-refractivity contribution in [3.05, 3.63) is 59.8 Å². The fourth-order valence-corrected chi connectivity index (χ4v) is 2.73. The molecule has 0 unspecified atom stereocenters. The van der Waals surface area contributed by atoms with Crippen molar-refractivity contribution >= 4 is 11.5 Å². The molecule has 5 nitrogen and oxygen atoms in total. The largest absolute Gasteiger partial charge is 0.497 e. The van der Waals surface area contributed by atoms with Crippen LogP contribution in [0.5, 0.6) is 11.6 Å². The summed E-state index contributed by atoms with van der Waals surface area (Å²) in [6, 6.07) is 11.5. The average molecular weight is 324 g/mol. The molecule has 5 heteroatoms. The van der Waals surface area contributed by atoms with Gasteiger partial charge >= 0.3 is 0 Å². The first-order chi connectivity index (χ1) is 11.7. The number of aromatic nitrogens is 1. The molecule has 2 aromatic rings. The molecular weight excluding hydrogens is 304 g/mol. The van der Waals surface area contributed by atoms with Crippen LogP contribution in [-0.2, 0) is 0 Å². The average Bonchev–Trinajstić information content (AvgIpc) is 2.68. The Balaban J connectivity index is 1.68. The zero-order chi connectivity index (χ0) is 16.9. The molecule has 0 atom stereocenters. The molecule has 0 N–H and O–H groups in total. The molecule has 1 aromatic carbocycles. The number of methoxy groups -OCH3 is 2. The Morgan fingerprint density at radius 1 is 1.08 bits per heavy atom. The molecule has 1 aliphatic rings. The number of amides is 1. The van der Waals surface area contributed by atoms with Crippen molar-refractivity contribution in [1.82, 2.24) is 9.88 Å². The molecular formula is C19H20N2O3. The predicted octanol–water partition coefficient (Wildman–Crippen LogP) is 3.03. The van der Waals surface area contributed by atoms with Crippen LogP contribution in [0.4, 0.5) is 0 Å². The maximum absolute atomic E-state index is 12.5. The Hall–Kier alpha value is -2.82. The van der Waals surface area contributed by atoms with Crippen molar-refractivity contribution in [1.29, 1.82) is 0 Å². The predicted molar refractivity (Wildman–Crippen MR) is 92.3 cm³/mol. The summed E-state index contributed by atoms with van der Waals surface area (Å²) >= 11 is 0.